The average molecular weight is 108 g/mol. The van der Waals surface area contributed by atoms with Crippen molar-refractivity contribution in [2.24, 2.45) is 0 Å². The highest BCUT2D eigenvalue weighted by Crippen LogP contribution is 2.35. The van der Waals surface area contributed by atoms with Crippen molar-refractivity contribution in [2.75, 3.05) is 6.54 Å². The lowest BCUT2D eigenvalue weighted by Crippen LogP contribution is -2.48. The van der Waals surface area contributed by atoms with Gasteiger partial charge in [-0.25, -0.2) is 0 Å². The van der Waals surface area contributed by atoms with Crippen LogP contribution in [0.1, 0.15) is 12.8 Å². The molecule has 0 unspecified atom stereocenters. The molecule has 2 aliphatic heterocycles. The Morgan fingerprint density at radius 2 is 2.25 bits per heavy atom. The van der Waals surface area contributed by atoms with E-state index in [0.29, 0.717) is 5.54 Å². The van der Waals surface area contributed by atoms with Crippen LogP contribution >= 0.6 is 0 Å². The maximum atomic E-state index is 3.54. The minimum Gasteiger partial charge on any atom is -0.313 e. The Hall–Kier alpha value is 0.0249. The van der Waals surface area contributed by atoms with Gasteiger partial charge < -0.3 is 5.32 Å². The normalized spacial score (nSPS) is 32.0. The molecule has 2 rings (SSSR count). The van der Waals surface area contributed by atoms with Crippen molar-refractivity contribution in [1.82, 2.24) is 5.32 Å². The fourth-order valence-electron chi connectivity index (χ4n) is 1.71. The zero-order valence-electron chi connectivity index (χ0n) is 5.11. The first-order chi connectivity index (χ1) is 3.91. The minimum atomic E-state index is 0.611. The van der Waals surface area contributed by atoms with Gasteiger partial charge in [-0.05, 0) is 19.4 Å². The highest BCUT2D eigenvalue weighted by Gasteiger charge is 2.38. The third kappa shape index (κ3) is 0.525. The van der Waals surface area contributed by atoms with Crippen molar-refractivity contribution in [3.63, 3.8) is 0 Å². The molecule has 8 heavy (non-hydrogen) atoms. The maximum Gasteiger partial charge on any atom is 0.114 e. The van der Waals surface area contributed by atoms with Crippen LogP contribution in [0.3, 0.4) is 0 Å². The lowest BCUT2D eigenvalue weighted by atomic mass is 9.46. The molecular formula is C6H11BN. The molecule has 0 saturated carbocycles. The second-order valence-electron chi connectivity index (χ2n) is 3.01. The summed E-state index contributed by atoms with van der Waals surface area (Å²) in [5.74, 6) is 0. The summed E-state index contributed by atoms with van der Waals surface area (Å²) in [6, 6.07) is 0. The molecule has 0 aromatic rings. The number of rotatable bonds is 0. The van der Waals surface area contributed by atoms with E-state index in [2.05, 4.69) is 12.6 Å². The van der Waals surface area contributed by atoms with E-state index in [9.17, 15) is 0 Å². The average Bonchev–Trinajstić information content (AvgIpc) is 2.07. The van der Waals surface area contributed by atoms with Crippen LogP contribution in [0.25, 0.3) is 0 Å². The van der Waals surface area contributed by atoms with Gasteiger partial charge in [0, 0.05) is 5.54 Å². The van der Waals surface area contributed by atoms with E-state index in [-0.39, 0.29) is 0 Å². The van der Waals surface area contributed by atoms with Gasteiger partial charge in [-0.3, -0.25) is 0 Å². The highest BCUT2D eigenvalue weighted by molar-refractivity contribution is 6.41. The van der Waals surface area contributed by atoms with Gasteiger partial charge in [-0.2, -0.15) is 0 Å². The number of nitrogens with one attached hydrogen (secondary N) is 1. The second-order valence-corrected chi connectivity index (χ2v) is 3.01. The van der Waals surface area contributed by atoms with Crippen LogP contribution in [-0.2, 0) is 0 Å². The van der Waals surface area contributed by atoms with Gasteiger partial charge in [-0.1, -0.05) is 12.6 Å². The SMILES string of the molecule is [B]1CC2(C1)CCCN2. The molecule has 0 aromatic carbocycles. The van der Waals surface area contributed by atoms with E-state index in [4.69, 9.17) is 0 Å². The summed E-state index contributed by atoms with van der Waals surface area (Å²) in [4.78, 5) is 0. The lowest BCUT2D eigenvalue weighted by Gasteiger charge is -2.38. The van der Waals surface area contributed by atoms with Crippen molar-refractivity contribution in [1.29, 1.82) is 0 Å². The van der Waals surface area contributed by atoms with Crippen LogP contribution in [0.15, 0.2) is 0 Å². The quantitative estimate of drug-likeness (QED) is 0.449. The third-order valence-electron chi connectivity index (χ3n) is 2.40. The Morgan fingerprint density at radius 3 is 2.50 bits per heavy atom. The van der Waals surface area contributed by atoms with Crippen molar-refractivity contribution >= 4 is 7.28 Å². The van der Waals surface area contributed by atoms with Crippen LogP contribution in [0, 0.1) is 0 Å². The fourth-order valence-corrected chi connectivity index (χ4v) is 1.71. The monoisotopic (exact) mass is 108 g/mol. The Kier molecular flexibility index (Phi) is 0.914. The second kappa shape index (κ2) is 1.50. The van der Waals surface area contributed by atoms with E-state index < -0.39 is 0 Å². The largest absolute Gasteiger partial charge is 0.313 e. The summed E-state index contributed by atoms with van der Waals surface area (Å²) in [5.41, 5.74) is 0.611. The van der Waals surface area contributed by atoms with Crippen LogP contribution in [0.4, 0.5) is 0 Å². The van der Waals surface area contributed by atoms with Gasteiger partial charge in [0.1, 0.15) is 7.28 Å². The van der Waals surface area contributed by atoms with Gasteiger partial charge in [-0.15, -0.1) is 0 Å². The Bertz CT molecular complexity index is 90.7. The molecule has 43 valence electrons. The van der Waals surface area contributed by atoms with Crippen molar-refractivity contribution in [2.45, 2.75) is 31.0 Å². The Balaban J connectivity index is 2.01. The maximum absolute atomic E-state index is 3.54. The smallest absolute Gasteiger partial charge is 0.114 e. The van der Waals surface area contributed by atoms with Crippen LogP contribution < -0.4 is 5.32 Å². The minimum absolute atomic E-state index is 0.611. The van der Waals surface area contributed by atoms with Gasteiger partial charge >= 0.3 is 0 Å². The number of hydrogen-bond acceptors (Lipinski definition) is 1. The summed E-state index contributed by atoms with van der Waals surface area (Å²) < 4.78 is 0. The summed E-state index contributed by atoms with van der Waals surface area (Å²) in [6.07, 6.45) is 5.47. The molecule has 2 fully saturated rings. The predicted molar refractivity (Wildman–Crippen MR) is 35.3 cm³/mol. The first-order valence-electron chi connectivity index (χ1n) is 3.48. The van der Waals surface area contributed by atoms with Gasteiger partial charge in [0.15, 0.2) is 0 Å². The van der Waals surface area contributed by atoms with E-state index >= 15 is 0 Å². The zero-order valence-corrected chi connectivity index (χ0v) is 5.11. The molecular weight excluding hydrogens is 96.9 g/mol. The topological polar surface area (TPSA) is 12.0 Å². The summed E-state index contributed by atoms with van der Waals surface area (Å²) >= 11 is 0. The van der Waals surface area contributed by atoms with E-state index in [1.54, 1.807) is 0 Å². The van der Waals surface area contributed by atoms with E-state index in [0.717, 1.165) is 0 Å². The van der Waals surface area contributed by atoms with Crippen molar-refractivity contribution in [3.8, 4) is 0 Å². The lowest BCUT2D eigenvalue weighted by molar-refractivity contribution is 0.421. The fraction of sp³-hybridized carbons (Fsp3) is 1.00. The molecule has 1 spiro atoms. The molecule has 0 atom stereocenters. The summed E-state index contributed by atoms with van der Waals surface area (Å²) in [5, 5.41) is 3.54. The highest BCUT2D eigenvalue weighted by atomic mass is 15.0. The van der Waals surface area contributed by atoms with Crippen LogP contribution in [0.5, 0.6) is 0 Å². The van der Waals surface area contributed by atoms with E-state index in [1.165, 1.54) is 32.0 Å². The molecule has 2 heterocycles. The van der Waals surface area contributed by atoms with Crippen LogP contribution in [-0.4, -0.2) is 19.4 Å². The molecule has 0 aromatic heterocycles. The molecule has 2 saturated heterocycles. The molecule has 1 radical (unpaired) electrons. The third-order valence-corrected chi connectivity index (χ3v) is 2.40. The Morgan fingerprint density at radius 1 is 1.38 bits per heavy atom. The number of hydrogen-bond donors (Lipinski definition) is 1. The molecule has 0 amide bonds. The van der Waals surface area contributed by atoms with E-state index in [1.807, 2.05) is 0 Å². The first-order valence-corrected chi connectivity index (χ1v) is 3.48. The molecule has 0 bridgehead atoms. The molecule has 0 aliphatic carbocycles. The van der Waals surface area contributed by atoms with Crippen molar-refractivity contribution in [3.05, 3.63) is 0 Å². The van der Waals surface area contributed by atoms with Gasteiger partial charge in [0.2, 0.25) is 0 Å². The Labute approximate surface area is 51.1 Å². The molecule has 1 N–H and O–H groups in total. The van der Waals surface area contributed by atoms with Crippen LogP contribution in [0.2, 0.25) is 12.6 Å². The van der Waals surface area contributed by atoms with Gasteiger partial charge in [0.05, 0.1) is 0 Å². The van der Waals surface area contributed by atoms with Gasteiger partial charge in [0.25, 0.3) is 0 Å². The summed E-state index contributed by atoms with van der Waals surface area (Å²) in [7, 11) is 2.37. The predicted octanol–water partition coefficient (Wildman–Crippen LogP) is 0.663. The molecule has 2 heteroatoms. The molecule has 1 nitrogen and oxygen atoms in total. The standard InChI is InChI=1S/C6H11BN/c1-2-6(8-3-1)4-7-5-6/h8H,1-5H2. The summed E-state index contributed by atoms with van der Waals surface area (Å²) in [6.45, 7) is 1.26. The first kappa shape index (κ1) is 4.86. The molecule has 2 aliphatic rings. The zero-order chi connectivity index (χ0) is 5.45. The van der Waals surface area contributed by atoms with Crippen molar-refractivity contribution < 1.29 is 0 Å².